The van der Waals surface area contributed by atoms with Crippen molar-refractivity contribution in [1.82, 2.24) is 9.97 Å². The van der Waals surface area contributed by atoms with Crippen LogP contribution in [-0.4, -0.2) is 48.9 Å². The number of hydrogen-bond acceptors (Lipinski definition) is 6. The molecule has 1 aromatic heterocycles. The molecule has 0 aliphatic carbocycles. The highest BCUT2D eigenvalue weighted by atomic mass is 32.2. The van der Waals surface area contributed by atoms with E-state index in [1.54, 1.807) is 4.90 Å². The van der Waals surface area contributed by atoms with Gasteiger partial charge < -0.3 is 9.64 Å². The number of nitrogens with two attached hydrogens (primary N) is 1. The Balaban J connectivity index is 2.21. The molecule has 1 unspecified atom stereocenters. The number of piperidine rings is 1. The smallest absolute Gasteiger partial charge is 0.225 e. The number of rotatable bonds is 4. The number of ether oxygens (including phenoxy) is 1. The van der Waals surface area contributed by atoms with Crippen molar-refractivity contribution in [1.29, 1.82) is 0 Å². The number of sulfonamides is 1. The molecule has 1 aromatic rings. The molecule has 2 N–H and O–H groups in total. The van der Waals surface area contributed by atoms with Crippen LogP contribution in [0.15, 0.2) is 12.4 Å². The lowest BCUT2D eigenvalue weighted by molar-refractivity contribution is 0.00144. The highest BCUT2D eigenvalue weighted by Gasteiger charge is 2.35. The predicted molar refractivity (Wildman–Crippen MR) is 75.7 cm³/mol. The molecular weight excluding hydrogens is 299 g/mol. The number of aromatic nitrogens is 2. The zero-order valence-electron chi connectivity index (χ0n) is 11.9. The Bertz CT molecular complexity index is 579. The van der Waals surface area contributed by atoms with E-state index in [1.807, 2.05) is 13.8 Å². The molecule has 2 atom stereocenters. The fraction of sp³-hybridized carbons (Fsp3) is 0.667. The van der Waals surface area contributed by atoms with E-state index in [4.69, 9.17) is 9.88 Å². The van der Waals surface area contributed by atoms with Crippen LogP contribution in [0.3, 0.4) is 0 Å². The van der Waals surface area contributed by atoms with Gasteiger partial charge in [-0.25, -0.2) is 27.9 Å². The second-order valence-corrected chi connectivity index (χ2v) is 7.20. The van der Waals surface area contributed by atoms with Crippen molar-refractivity contribution < 1.29 is 17.5 Å². The van der Waals surface area contributed by atoms with E-state index in [2.05, 4.69) is 9.97 Å². The zero-order valence-corrected chi connectivity index (χ0v) is 12.8. The summed E-state index contributed by atoms with van der Waals surface area (Å²) < 4.78 is 41.9. The van der Waals surface area contributed by atoms with Gasteiger partial charge in [0.15, 0.2) is 5.82 Å². The molecule has 0 bridgehead atoms. The van der Waals surface area contributed by atoms with Gasteiger partial charge in [0.1, 0.15) is 0 Å². The standard InChI is InChI=1S/C12H19FN4O3S/c1-8(2)20-10-3-11(21(14,18)19)7-17(6-10)12-15-4-9(13)5-16-12/h4-5,8,10-11H,3,6-7H2,1-2H3,(H2,14,18,19)/t10-,11?/m0/s1. The number of hydrogen-bond donors (Lipinski definition) is 1. The first-order chi connectivity index (χ1) is 9.75. The van der Waals surface area contributed by atoms with Crippen LogP contribution in [0, 0.1) is 5.82 Å². The third-order valence-electron chi connectivity index (χ3n) is 3.19. The third kappa shape index (κ3) is 4.32. The molecule has 21 heavy (non-hydrogen) atoms. The zero-order chi connectivity index (χ0) is 15.6. The average molecular weight is 318 g/mol. The average Bonchev–Trinajstić information content (AvgIpc) is 2.37. The van der Waals surface area contributed by atoms with Gasteiger partial charge in [-0.3, -0.25) is 0 Å². The number of primary sulfonamides is 1. The second-order valence-electron chi connectivity index (χ2n) is 5.36. The van der Waals surface area contributed by atoms with E-state index < -0.39 is 21.1 Å². The van der Waals surface area contributed by atoms with Gasteiger partial charge in [-0.1, -0.05) is 0 Å². The summed E-state index contributed by atoms with van der Waals surface area (Å²) in [5.41, 5.74) is 0. The first kappa shape index (κ1) is 16.1. The van der Waals surface area contributed by atoms with Gasteiger partial charge in [0.25, 0.3) is 0 Å². The lowest BCUT2D eigenvalue weighted by Gasteiger charge is -2.37. The molecule has 0 saturated carbocycles. The summed E-state index contributed by atoms with van der Waals surface area (Å²) in [6.45, 7) is 4.36. The highest BCUT2D eigenvalue weighted by molar-refractivity contribution is 7.89. The van der Waals surface area contributed by atoms with Gasteiger partial charge >= 0.3 is 0 Å². The van der Waals surface area contributed by atoms with Crippen molar-refractivity contribution in [2.75, 3.05) is 18.0 Å². The van der Waals surface area contributed by atoms with Crippen LogP contribution >= 0.6 is 0 Å². The summed E-state index contributed by atoms with van der Waals surface area (Å²) in [5.74, 6) is -0.282. The molecule has 7 nitrogen and oxygen atoms in total. The second kappa shape index (κ2) is 6.20. The lowest BCUT2D eigenvalue weighted by Crippen LogP contribution is -2.52. The summed E-state index contributed by atoms with van der Waals surface area (Å²) in [4.78, 5) is 9.42. The molecule has 2 heterocycles. The Labute approximate surface area is 123 Å². The Morgan fingerprint density at radius 3 is 2.52 bits per heavy atom. The van der Waals surface area contributed by atoms with E-state index in [-0.39, 0.29) is 24.7 Å². The van der Waals surface area contributed by atoms with E-state index in [0.29, 0.717) is 13.0 Å². The van der Waals surface area contributed by atoms with Crippen LogP contribution in [0.5, 0.6) is 0 Å². The van der Waals surface area contributed by atoms with E-state index in [0.717, 1.165) is 12.4 Å². The first-order valence-corrected chi connectivity index (χ1v) is 8.26. The summed E-state index contributed by atoms with van der Waals surface area (Å²) in [6, 6.07) is 0. The van der Waals surface area contributed by atoms with Crippen LogP contribution < -0.4 is 10.0 Å². The first-order valence-electron chi connectivity index (χ1n) is 6.65. The third-order valence-corrected chi connectivity index (χ3v) is 4.46. The van der Waals surface area contributed by atoms with Crippen molar-refractivity contribution in [2.45, 2.75) is 37.7 Å². The van der Waals surface area contributed by atoms with Crippen molar-refractivity contribution in [3.8, 4) is 0 Å². The van der Waals surface area contributed by atoms with E-state index >= 15 is 0 Å². The van der Waals surface area contributed by atoms with Crippen molar-refractivity contribution in [3.05, 3.63) is 18.2 Å². The molecule has 2 rings (SSSR count). The molecular formula is C12H19FN4O3S. The van der Waals surface area contributed by atoms with E-state index in [9.17, 15) is 12.8 Å². The molecule has 9 heteroatoms. The lowest BCUT2D eigenvalue weighted by atomic mass is 10.1. The summed E-state index contributed by atoms with van der Waals surface area (Å²) >= 11 is 0. The van der Waals surface area contributed by atoms with Crippen molar-refractivity contribution >= 4 is 16.0 Å². The topological polar surface area (TPSA) is 98.4 Å². The fourth-order valence-corrected chi connectivity index (χ4v) is 3.23. The van der Waals surface area contributed by atoms with Crippen molar-refractivity contribution in [2.24, 2.45) is 5.14 Å². The number of anilines is 1. The molecule has 0 aromatic carbocycles. The fourth-order valence-electron chi connectivity index (χ4n) is 2.36. The quantitative estimate of drug-likeness (QED) is 0.856. The van der Waals surface area contributed by atoms with Gasteiger partial charge in [-0.2, -0.15) is 0 Å². The summed E-state index contributed by atoms with van der Waals surface area (Å²) in [5, 5.41) is 4.50. The minimum Gasteiger partial charge on any atom is -0.374 e. The maximum absolute atomic E-state index is 12.9. The maximum atomic E-state index is 12.9. The van der Waals surface area contributed by atoms with Gasteiger partial charge in [0, 0.05) is 13.1 Å². The Morgan fingerprint density at radius 2 is 2.00 bits per heavy atom. The van der Waals surface area contributed by atoms with E-state index in [1.165, 1.54) is 0 Å². The molecule has 1 aliphatic heterocycles. The van der Waals surface area contributed by atoms with Crippen LogP contribution in [0.4, 0.5) is 10.3 Å². The van der Waals surface area contributed by atoms with Crippen LogP contribution in [-0.2, 0) is 14.8 Å². The minimum atomic E-state index is -3.69. The normalized spacial score (nSPS) is 23.6. The van der Waals surface area contributed by atoms with Crippen LogP contribution in [0.25, 0.3) is 0 Å². The van der Waals surface area contributed by atoms with Gasteiger partial charge in [-0.05, 0) is 20.3 Å². The molecule has 0 amide bonds. The van der Waals surface area contributed by atoms with Gasteiger partial charge in [0.05, 0.1) is 29.9 Å². The largest absolute Gasteiger partial charge is 0.374 e. The summed E-state index contributed by atoms with van der Waals surface area (Å²) in [6.07, 6.45) is 2.08. The SMILES string of the molecule is CC(C)O[C@H]1CC(S(N)(=O)=O)CN(c2ncc(F)cn2)C1. The maximum Gasteiger partial charge on any atom is 0.225 e. The molecule has 1 fully saturated rings. The van der Waals surface area contributed by atoms with Crippen molar-refractivity contribution in [3.63, 3.8) is 0 Å². The Hall–Kier alpha value is -1.32. The number of halogens is 1. The summed E-state index contributed by atoms with van der Waals surface area (Å²) in [7, 11) is -3.69. The Morgan fingerprint density at radius 1 is 1.38 bits per heavy atom. The molecule has 1 saturated heterocycles. The monoisotopic (exact) mass is 318 g/mol. The van der Waals surface area contributed by atoms with Gasteiger partial charge in [-0.15, -0.1) is 0 Å². The molecule has 0 spiro atoms. The molecule has 0 radical (unpaired) electrons. The van der Waals surface area contributed by atoms with Crippen LogP contribution in [0.1, 0.15) is 20.3 Å². The minimum absolute atomic E-state index is 0.0368. The van der Waals surface area contributed by atoms with Gasteiger partial charge in [0.2, 0.25) is 16.0 Å². The number of nitrogens with zero attached hydrogens (tertiary/aromatic N) is 3. The predicted octanol–water partition coefficient (Wildman–Crippen LogP) is 0.276. The molecule has 1 aliphatic rings. The Kier molecular flexibility index (Phi) is 4.74. The molecule has 118 valence electrons. The van der Waals surface area contributed by atoms with Crippen LogP contribution in [0.2, 0.25) is 0 Å². The highest BCUT2D eigenvalue weighted by Crippen LogP contribution is 2.22.